The third-order valence-electron chi connectivity index (χ3n) is 2.28. The first-order chi connectivity index (χ1) is 8.23. The summed E-state index contributed by atoms with van der Waals surface area (Å²) >= 11 is 0. The van der Waals surface area contributed by atoms with Gasteiger partial charge < -0.3 is 10.4 Å². The summed E-state index contributed by atoms with van der Waals surface area (Å²) in [5, 5.41) is 21.8. The molecule has 0 aliphatic carbocycles. The lowest BCUT2D eigenvalue weighted by Gasteiger charge is -2.16. The molecule has 18 heavy (non-hydrogen) atoms. The Morgan fingerprint density at radius 3 is 2.61 bits per heavy atom. The molecule has 0 radical (unpaired) electrons. The highest BCUT2D eigenvalue weighted by molar-refractivity contribution is 5.65. The van der Waals surface area contributed by atoms with Gasteiger partial charge in [0.05, 0.1) is 4.92 Å². The number of hydrogen-bond donors (Lipinski definition) is 2. The molecule has 0 saturated heterocycles. The predicted octanol–water partition coefficient (Wildman–Crippen LogP) is 2.24. The van der Waals surface area contributed by atoms with E-state index in [0.717, 1.165) is 0 Å². The molecule has 0 spiro atoms. The minimum Gasteiger partial charge on any atom is -0.382 e. The topological polar surface area (TPSA) is 75.4 Å². The van der Waals surface area contributed by atoms with E-state index in [2.05, 4.69) is 5.32 Å². The van der Waals surface area contributed by atoms with Gasteiger partial charge in [0.1, 0.15) is 5.69 Å². The summed E-state index contributed by atoms with van der Waals surface area (Å²) < 4.78 is 36.2. The van der Waals surface area contributed by atoms with E-state index in [0.29, 0.717) is 5.56 Å². The minimum atomic E-state index is -4.76. The molecule has 0 saturated carbocycles. The van der Waals surface area contributed by atoms with E-state index >= 15 is 0 Å². The van der Waals surface area contributed by atoms with Crippen LogP contribution in [0.25, 0.3) is 0 Å². The number of alkyl halides is 3. The lowest BCUT2D eigenvalue weighted by Crippen LogP contribution is -2.35. The SMILES string of the molecule is Cc1cccc(NCC(O)C(F)(F)F)c1[N+](=O)[O-]. The maximum absolute atomic E-state index is 12.1. The summed E-state index contributed by atoms with van der Waals surface area (Å²) in [6.45, 7) is 0.636. The number of rotatable bonds is 4. The first-order valence-electron chi connectivity index (χ1n) is 4.96. The maximum atomic E-state index is 12.1. The van der Waals surface area contributed by atoms with Crippen LogP contribution < -0.4 is 5.32 Å². The van der Waals surface area contributed by atoms with Gasteiger partial charge in [0.2, 0.25) is 0 Å². The van der Waals surface area contributed by atoms with Gasteiger partial charge in [0.15, 0.2) is 6.10 Å². The molecular formula is C10H11F3N2O3. The molecular weight excluding hydrogens is 253 g/mol. The summed E-state index contributed by atoms with van der Waals surface area (Å²) in [5.74, 6) is 0. The molecule has 2 N–H and O–H groups in total. The van der Waals surface area contributed by atoms with Crippen molar-refractivity contribution in [3.63, 3.8) is 0 Å². The van der Waals surface area contributed by atoms with Crippen molar-refractivity contribution < 1.29 is 23.2 Å². The van der Waals surface area contributed by atoms with Gasteiger partial charge >= 0.3 is 6.18 Å². The molecule has 100 valence electrons. The second kappa shape index (κ2) is 5.21. The van der Waals surface area contributed by atoms with Crippen molar-refractivity contribution in [1.29, 1.82) is 0 Å². The summed E-state index contributed by atoms with van der Waals surface area (Å²) in [6.07, 6.45) is -7.33. The van der Waals surface area contributed by atoms with Crippen LogP contribution in [0.15, 0.2) is 18.2 Å². The summed E-state index contributed by atoms with van der Waals surface area (Å²) in [6, 6.07) is 4.24. The molecule has 0 heterocycles. The summed E-state index contributed by atoms with van der Waals surface area (Å²) in [4.78, 5) is 10.1. The number of benzene rings is 1. The number of para-hydroxylation sites is 1. The number of aliphatic hydroxyl groups is 1. The van der Waals surface area contributed by atoms with Crippen LogP contribution in [0, 0.1) is 17.0 Å². The lowest BCUT2D eigenvalue weighted by atomic mass is 10.1. The van der Waals surface area contributed by atoms with Crippen molar-refractivity contribution in [3.05, 3.63) is 33.9 Å². The van der Waals surface area contributed by atoms with Crippen LogP contribution >= 0.6 is 0 Å². The summed E-state index contributed by atoms with van der Waals surface area (Å²) in [7, 11) is 0. The molecule has 1 aromatic rings. The Morgan fingerprint density at radius 1 is 1.50 bits per heavy atom. The van der Waals surface area contributed by atoms with Gasteiger partial charge in [-0.2, -0.15) is 13.2 Å². The number of nitro benzene ring substituents is 1. The Balaban J connectivity index is 2.86. The number of halogens is 3. The predicted molar refractivity (Wildman–Crippen MR) is 58.4 cm³/mol. The van der Waals surface area contributed by atoms with E-state index in [4.69, 9.17) is 5.11 Å². The molecule has 0 fully saturated rings. The van der Waals surface area contributed by atoms with Crippen LogP contribution in [0.2, 0.25) is 0 Å². The van der Waals surface area contributed by atoms with E-state index in [-0.39, 0.29) is 11.4 Å². The average molecular weight is 264 g/mol. The third kappa shape index (κ3) is 3.33. The Morgan fingerprint density at radius 2 is 2.11 bits per heavy atom. The van der Waals surface area contributed by atoms with Gasteiger partial charge in [-0.1, -0.05) is 12.1 Å². The molecule has 0 bridgehead atoms. The van der Waals surface area contributed by atoms with Gasteiger partial charge in [-0.05, 0) is 13.0 Å². The fourth-order valence-electron chi connectivity index (χ4n) is 1.37. The third-order valence-corrected chi connectivity index (χ3v) is 2.28. The number of anilines is 1. The van der Waals surface area contributed by atoms with E-state index in [1.54, 1.807) is 0 Å². The van der Waals surface area contributed by atoms with Gasteiger partial charge in [-0.15, -0.1) is 0 Å². The number of nitrogens with zero attached hydrogens (tertiary/aromatic N) is 1. The van der Waals surface area contributed by atoms with E-state index < -0.39 is 23.7 Å². The highest BCUT2D eigenvalue weighted by atomic mass is 19.4. The van der Waals surface area contributed by atoms with Crippen LogP contribution in [0.3, 0.4) is 0 Å². The smallest absolute Gasteiger partial charge is 0.382 e. The largest absolute Gasteiger partial charge is 0.416 e. The highest BCUT2D eigenvalue weighted by Crippen LogP contribution is 2.28. The molecule has 8 heteroatoms. The minimum absolute atomic E-state index is 0.0525. The Kier molecular flexibility index (Phi) is 4.12. The molecule has 0 aliphatic rings. The van der Waals surface area contributed by atoms with E-state index in [9.17, 15) is 23.3 Å². The van der Waals surface area contributed by atoms with Gasteiger partial charge in [0.25, 0.3) is 5.69 Å². The Bertz CT molecular complexity index is 448. The molecule has 0 amide bonds. The van der Waals surface area contributed by atoms with Crippen LogP contribution in [0.5, 0.6) is 0 Å². The van der Waals surface area contributed by atoms with Crippen LogP contribution in [0.1, 0.15) is 5.56 Å². The van der Waals surface area contributed by atoms with Crippen molar-refractivity contribution in [2.24, 2.45) is 0 Å². The van der Waals surface area contributed by atoms with Crippen molar-refractivity contribution >= 4 is 11.4 Å². The Hall–Kier alpha value is -1.83. The van der Waals surface area contributed by atoms with Crippen molar-refractivity contribution in [2.75, 3.05) is 11.9 Å². The molecule has 0 aromatic heterocycles. The molecule has 0 aliphatic heterocycles. The standard InChI is InChI=1S/C10H11F3N2O3/c1-6-3-2-4-7(9(6)15(17)18)14-5-8(16)10(11,12)13/h2-4,8,14,16H,5H2,1H3. The number of nitro groups is 1. The number of nitrogens with one attached hydrogen (secondary N) is 1. The fourth-order valence-corrected chi connectivity index (χ4v) is 1.37. The monoisotopic (exact) mass is 264 g/mol. The number of aryl methyl sites for hydroxylation is 1. The van der Waals surface area contributed by atoms with E-state index in [1.165, 1.54) is 25.1 Å². The zero-order valence-corrected chi connectivity index (χ0v) is 9.36. The first-order valence-corrected chi connectivity index (χ1v) is 4.96. The molecule has 1 unspecified atom stereocenters. The normalized spacial score (nSPS) is 13.2. The van der Waals surface area contributed by atoms with Crippen molar-refractivity contribution in [2.45, 2.75) is 19.2 Å². The van der Waals surface area contributed by atoms with Gasteiger partial charge in [-0.3, -0.25) is 10.1 Å². The molecule has 1 atom stereocenters. The molecule has 1 rings (SSSR count). The average Bonchev–Trinajstić information content (AvgIpc) is 2.23. The maximum Gasteiger partial charge on any atom is 0.416 e. The summed E-state index contributed by atoms with van der Waals surface area (Å²) in [5.41, 5.74) is -0.0262. The quantitative estimate of drug-likeness (QED) is 0.646. The number of aliphatic hydroxyl groups excluding tert-OH is 1. The molecule has 5 nitrogen and oxygen atoms in total. The van der Waals surface area contributed by atoms with Gasteiger partial charge in [-0.25, -0.2) is 0 Å². The fraction of sp³-hybridized carbons (Fsp3) is 0.400. The van der Waals surface area contributed by atoms with Crippen LogP contribution in [-0.2, 0) is 0 Å². The van der Waals surface area contributed by atoms with E-state index in [1.807, 2.05) is 0 Å². The van der Waals surface area contributed by atoms with Crippen molar-refractivity contribution in [3.8, 4) is 0 Å². The second-order valence-corrected chi connectivity index (χ2v) is 3.67. The highest BCUT2D eigenvalue weighted by Gasteiger charge is 2.38. The van der Waals surface area contributed by atoms with Gasteiger partial charge in [0, 0.05) is 12.1 Å². The van der Waals surface area contributed by atoms with Crippen LogP contribution in [0.4, 0.5) is 24.5 Å². The Labute approximate surface area is 100 Å². The first kappa shape index (κ1) is 14.2. The zero-order valence-electron chi connectivity index (χ0n) is 9.36. The second-order valence-electron chi connectivity index (χ2n) is 3.67. The molecule has 1 aromatic carbocycles. The van der Waals surface area contributed by atoms with Crippen molar-refractivity contribution in [1.82, 2.24) is 0 Å². The van der Waals surface area contributed by atoms with Crippen LogP contribution in [-0.4, -0.2) is 28.9 Å². The zero-order chi connectivity index (χ0) is 13.9. The lowest BCUT2D eigenvalue weighted by molar-refractivity contribution is -0.384. The number of hydrogen-bond acceptors (Lipinski definition) is 4.